The van der Waals surface area contributed by atoms with E-state index in [1.54, 1.807) is 15.8 Å². The number of hydrogen-bond donors (Lipinski definition) is 1. The zero-order valence-electron chi connectivity index (χ0n) is 18.4. The summed E-state index contributed by atoms with van der Waals surface area (Å²) in [6.45, 7) is 1.38. The van der Waals surface area contributed by atoms with Gasteiger partial charge in [-0.15, -0.1) is 0 Å². The molecule has 1 fully saturated rings. The normalized spacial score (nSPS) is 16.5. The fraction of sp³-hybridized carbons (Fsp3) is 0.292. The van der Waals surface area contributed by atoms with Crippen LogP contribution in [0.15, 0.2) is 53.7 Å². The third-order valence-corrected chi connectivity index (χ3v) is 5.94. The first-order chi connectivity index (χ1) is 16.3. The van der Waals surface area contributed by atoms with Gasteiger partial charge < -0.3 is 15.0 Å². The fourth-order valence-corrected chi connectivity index (χ4v) is 4.28. The smallest absolute Gasteiger partial charge is 0.378 e. The Morgan fingerprint density at radius 3 is 2.53 bits per heavy atom. The Kier molecular flexibility index (Phi) is 5.60. The largest absolute Gasteiger partial charge is 0.418 e. The van der Waals surface area contributed by atoms with Gasteiger partial charge in [-0.3, -0.25) is 14.5 Å². The van der Waals surface area contributed by atoms with Crippen molar-refractivity contribution in [1.29, 1.82) is 0 Å². The molecule has 176 valence electrons. The molecule has 1 N–H and O–H groups in total. The van der Waals surface area contributed by atoms with Gasteiger partial charge in [0, 0.05) is 31.9 Å². The second kappa shape index (κ2) is 8.60. The highest BCUT2D eigenvalue weighted by molar-refractivity contribution is 6.17. The number of rotatable bonds is 3. The Morgan fingerprint density at radius 2 is 1.82 bits per heavy atom. The number of carbonyl (C=O) groups excluding carboxylic acids is 1. The lowest BCUT2D eigenvalue weighted by atomic mass is 10.0. The SMILES string of the molecule is Cn1nccc1-c1cccc(C2=Nc3cc(N4CCOCC4)c(C(F)(F)F)cc3NC(=O)C2)c1. The van der Waals surface area contributed by atoms with Gasteiger partial charge in [-0.25, -0.2) is 0 Å². The van der Waals surface area contributed by atoms with Crippen LogP contribution in [0.4, 0.5) is 30.2 Å². The van der Waals surface area contributed by atoms with E-state index in [-0.39, 0.29) is 17.8 Å². The number of benzene rings is 2. The van der Waals surface area contributed by atoms with Crippen LogP contribution in [0, 0.1) is 0 Å². The summed E-state index contributed by atoms with van der Waals surface area (Å²) in [4.78, 5) is 18.9. The number of nitrogens with one attached hydrogen (secondary N) is 1. The van der Waals surface area contributed by atoms with Crippen molar-refractivity contribution >= 4 is 28.7 Å². The lowest BCUT2D eigenvalue weighted by Crippen LogP contribution is -2.37. The van der Waals surface area contributed by atoms with E-state index in [2.05, 4.69) is 15.4 Å². The van der Waals surface area contributed by atoms with Crippen LogP contribution in [0.25, 0.3) is 11.3 Å². The highest BCUT2D eigenvalue weighted by atomic mass is 19.4. The highest BCUT2D eigenvalue weighted by Crippen LogP contribution is 2.43. The number of anilines is 2. The quantitative estimate of drug-likeness (QED) is 0.617. The van der Waals surface area contributed by atoms with Gasteiger partial charge in [0.2, 0.25) is 5.91 Å². The van der Waals surface area contributed by atoms with E-state index in [1.165, 1.54) is 6.07 Å². The standard InChI is InChI=1S/C24H22F3N5O2/c1-31-21(5-6-28-31)16-4-2-3-15(11-16)18-14-23(33)30-19-12-17(24(25,26)27)22(13-20(19)29-18)32-7-9-34-10-8-32/h2-6,11-13H,7-10,14H2,1H3,(H,30,33). The number of aliphatic imine (C=N–C) groups is 1. The molecule has 1 saturated heterocycles. The molecule has 0 saturated carbocycles. The first kappa shape index (κ1) is 22.1. The molecule has 3 aromatic rings. The van der Waals surface area contributed by atoms with Crippen LogP contribution in [0.2, 0.25) is 0 Å². The molecule has 2 aromatic carbocycles. The molecule has 3 heterocycles. The Bertz CT molecular complexity index is 1280. The molecule has 1 amide bonds. The lowest BCUT2D eigenvalue weighted by molar-refractivity contribution is -0.137. The van der Waals surface area contributed by atoms with E-state index in [1.807, 2.05) is 37.4 Å². The number of fused-ring (bicyclic) bond motifs is 1. The van der Waals surface area contributed by atoms with Crippen molar-refractivity contribution < 1.29 is 22.7 Å². The molecule has 34 heavy (non-hydrogen) atoms. The Morgan fingerprint density at radius 1 is 1.06 bits per heavy atom. The van der Waals surface area contributed by atoms with E-state index in [9.17, 15) is 18.0 Å². The number of nitrogens with zero attached hydrogens (tertiary/aromatic N) is 4. The summed E-state index contributed by atoms with van der Waals surface area (Å²) in [5, 5.41) is 6.80. The molecular weight excluding hydrogens is 447 g/mol. The van der Waals surface area contributed by atoms with Crippen molar-refractivity contribution in [2.75, 3.05) is 36.5 Å². The predicted molar refractivity (Wildman–Crippen MR) is 123 cm³/mol. The maximum Gasteiger partial charge on any atom is 0.418 e. The third-order valence-electron chi connectivity index (χ3n) is 5.94. The molecule has 2 aliphatic rings. The minimum absolute atomic E-state index is 0.0393. The van der Waals surface area contributed by atoms with Gasteiger partial charge in [-0.2, -0.15) is 18.3 Å². The summed E-state index contributed by atoms with van der Waals surface area (Å²) in [6, 6.07) is 11.8. The van der Waals surface area contributed by atoms with Gasteiger partial charge in [0.15, 0.2) is 0 Å². The maximum absolute atomic E-state index is 13.9. The van der Waals surface area contributed by atoms with Crippen LogP contribution in [0.3, 0.4) is 0 Å². The van der Waals surface area contributed by atoms with Gasteiger partial charge in [-0.05, 0) is 29.8 Å². The molecule has 0 unspecified atom stereocenters. The number of alkyl halides is 3. The molecule has 0 atom stereocenters. The Labute approximate surface area is 193 Å². The van der Waals surface area contributed by atoms with Crippen LogP contribution in [0.5, 0.6) is 0 Å². The van der Waals surface area contributed by atoms with Crippen molar-refractivity contribution in [3.05, 3.63) is 59.8 Å². The summed E-state index contributed by atoms with van der Waals surface area (Å²) in [5.41, 5.74) is 2.57. The van der Waals surface area contributed by atoms with E-state index in [0.29, 0.717) is 37.7 Å². The minimum Gasteiger partial charge on any atom is -0.378 e. The number of aromatic nitrogens is 2. The molecule has 10 heteroatoms. The third kappa shape index (κ3) is 4.28. The first-order valence-corrected chi connectivity index (χ1v) is 10.8. The summed E-state index contributed by atoms with van der Waals surface area (Å²) in [7, 11) is 1.83. The number of ether oxygens (including phenoxy) is 1. The zero-order chi connectivity index (χ0) is 23.9. The molecule has 5 rings (SSSR count). The van der Waals surface area contributed by atoms with Crippen molar-refractivity contribution in [3.63, 3.8) is 0 Å². The predicted octanol–water partition coefficient (Wildman–Crippen LogP) is 4.41. The monoisotopic (exact) mass is 469 g/mol. The summed E-state index contributed by atoms with van der Waals surface area (Å²) >= 11 is 0. The number of halogens is 3. The molecule has 0 spiro atoms. The van der Waals surface area contributed by atoms with Crippen molar-refractivity contribution in [2.45, 2.75) is 12.6 Å². The molecule has 0 bridgehead atoms. The summed E-state index contributed by atoms with van der Waals surface area (Å²) in [6.07, 6.45) is -2.94. The second-order valence-corrected chi connectivity index (χ2v) is 8.19. The van der Waals surface area contributed by atoms with Gasteiger partial charge in [0.05, 0.1) is 53.7 Å². The molecule has 0 aliphatic carbocycles. The minimum atomic E-state index is -4.58. The van der Waals surface area contributed by atoms with Gasteiger partial charge in [0.25, 0.3) is 0 Å². The Hall–Kier alpha value is -3.66. The number of amides is 1. The molecular formula is C24H22F3N5O2. The number of carbonyl (C=O) groups is 1. The van der Waals surface area contributed by atoms with Gasteiger partial charge in [0.1, 0.15) is 0 Å². The molecule has 0 radical (unpaired) electrons. The second-order valence-electron chi connectivity index (χ2n) is 8.19. The summed E-state index contributed by atoms with van der Waals surface area (Å²) in [5.74, 6) is -0.421. The first-order valence-electron chi connectivity index (χ1n) is 10.8. The van der Waals surface area contributed by atoms with Crippen LogP contribution in [0.1, 0.15) is 17.5 Å². The number of hydrogen-bond acceptors (Lipinski definition) is 5. The van der Waals surface area contributed by atoms with Gasteiger partial charge >= 0.3 is 6.18 Å². The van der Waals surface area contributed by atoms with Crippen LogP contribution in [-0.4, -0.2) is 47.7 Å². The Balaban J connectivity index is 1.61. The van der Waals surface area contributed by atoms with E-state index >= 15 is 0 Å². The molecule has 7 nitrogen and oxygen atoms in total. The van der Waals surface area contributed by atoms with E-state index in [0.717, 1.165) is 22.9 Å². The average Bonchev–Trinajstić information content (AvgIpc) is 3.17. The van der Waals surface area contributed by atoms with Crippen molar-refractivity contribution in [3.8, 4) is 11.3 Å². The zero-order valence-corrected chi connectivity index (χ0v) is 18.4. The lowest BCUT2D eigenvalue weighted by Gasteiger charge is -2.31. The average molecular weight is 469 g/mol. The van der Waals surface area contributed by atoms with Crippen molar-refractivity contribution in [1.82, 2.24) is 9.78 Å². The number of morpholine rings is 1. The topological polar surface area (TPSA) is 71.8 Å². The number of aryl methyl sites for hydroxylation is 1. The molecule has 1 aromatic heterocycles. The van der Waals surface area contributed by atoms with Crippen LogP contribution < -0.4 is 10.2 Å². The van der Waals surface area contributed by atoms with Crippen molar-refractivity contribution in [2.24, 2.45) is 12.0 Å². The van der Waals surface area contributed by atoms with E-state index < -0.39 is 17.6 Å². The summed E-state index contributed by atoms with van der Waals surface area (Å²) < 4.78 is 48.8. The van der Waals surface area contributed by atoms with Gasteiger partial charge in [-0.1, -0.05) is 18.2 Å². The fourth-order valence-electron chi connectivity index (χ4n) is 4.28. The molecule has 2 aliphatic heterocycles. The van der Waals surface area contributed by atoms with E-state index in [4.69, 9.17) is 4.74 Å². The highest BCUT2D eigenvalue weighted by Gasteiger charge is 2.37. The van der Waals surface area contributed by atoms with Crippen LogP contribution in [-0.2, 0) is 22.8 Å². The van der Waals surface area contributed by atoms with Crippen LogP contribution >= 0.6 is 0 Å². The maximum atomic E-state index is 13.9.